The molecule has 0 aliphatic heterocycles. The lowest BCUT2D eigenvalue weighted by molar-refractivity contribution is 1.13. The second kappa shape index (κ2) is 8.19. The standard InChI is InChI=1S/C22H20ClN5S/c1-14-5-4-6-17(13-14)26-21-24-12-11-19(27-21)20-15(2)25-22(29-20)28(3)18-9-7-16(23)8-10-18/h4-13H,1-3H3,(H,24,26,27). The minimum absolute atomic E-state index is 0.563. The monoisotopic (exact) mass is 421 g/mol. The summed E-state index contributed by atoms with van der Waals surface area (Å²) >= 11 is 7.60. The van der Waals surface area contributed by atoms with E-state index in [9.17, 15) is 0 Å². The lowest BCUT2D eigenvalue weighted by atomic mass is 10.2. The van der Waals surface area contributed by atoms with Gasteiger partial charge in [-0.1, -0.05) is 35.1 Å². The second-order valence-electron chi connectivity index (χ2n) is 6.71. The Morgan fingerprint density at radius 2 is 1.79 bits per heavy atom. The molecule has 0 atom stereocenters. The highest BCUT2D eigenvalue weighted by atomic mass is 35.5. The van der Waals surface area contributed by atoms with Crippen LogP contribution in [0.2, 0.25) is 5.02 Å². The maximum Gasteiger partial charge on any atom is 0.227 e. The first-order valence-electron chi connectivity index (χ1n) is 9.13. The van der Waals surface area contributed by atoms with Crippen molar-refractivity contribution >= 4 is 45.4 Å². The summed E-state index contributed by atoms with van der Waals surface area (Å²) in [5, 5.41) is 4.88. The molecule has 2 aromatic carbocycles. The zero-order valence-electron chi connectivity index (χ0n) is 16.3. The van der Waals surface area contributed by atoms with Gasteiger partial charge in [0.2, 0.25) is 5.95 Å². The molecule has 0 radical (unpaired) electrons. The molecule has 0 spiro atoms. The molecule has 2 aromatic heterocycles. The number of hydrogen-bond acceptors (Lipinski definition) is 6. The van der Waals surface area contributed by atoms with Crippen LogP contribution in [0.4, 0.5) is 22.5 Å². The molecule has 146 valence electrons. The van der Waals surface area contributed by atoms with Gasteiger partial charge in [0, 0.05) is 29.6 Å². The fourth-order valence-corrected chi connectivity index (χ4v) is 4.08. The predicted molar refractivity (Wildman–Crippen MR) is 122 cm³/mol. The SMILES string of the molecule is Cc1cccc(Nc2nccc(-c3sc(N(C)c4ccc(Cl)cc4)nc3C)n2)c1. The quantitative estimate of drug-likeness (QED) is 0.405. The third kappa shape index (κ3) is 4.39. The lowest BCUT2D eigenvalue weighted by Crippen LogP contribution is -2.08. The zero-order chi connectivity index (χ0) is 20.4. The van der Waals surface area contributed by atoms with Gasteiger partial charge >= 0.3 is 0 Å². The fraction of sp³-hybridized carbons (Fsp3) is 0.136. The van der Waals surface area contributed by atoms with Crippen LogP contribution in [0.5, 0.6) is 0 Å². The Morgan fingerprint density at radius 1 is 1.00 bits per heavy atom. The van der Waals surface area contributed by atoms with Crippen LogP contribution in [0.1, 0.15) is 11.3 Å². The van der Waals surface area contributed by atoms with Gasteiger partial charge in [-0.15, -0.1) is 0 Å². The first-order valence-corrected chi connectivity index (χ1v) is 10.3. The van der Waals surface area contributed by atoms with Crippen LogP contribution in [0.15, 0.2) is 60.8 Å². The molecule has 0 bridgehead atoms. The summed E-state index contributed by atoms with van der Waals surface area (Å²) < 4.78 is 0. The third-order valence-electron chi connectivity index (χ3n) is 4.45. The van der Waals surface area contributed by atoms with Gasteiger partial charge < -0.3 is 10.2 Å². The van der Waals surface area contributed by atoms with E-state index in [1.54, 1.807) is 17.5 Å². The molecule has 0 aliphatic rings. The predicted octanol–water partition coefficient (Wildman–Crippen LogP) is 6.38. The number of halogens is 1. The number of anilines is 4. The molecule has 0 amide bonds. The molecule has 4 aromatic rings. The first kappa shape index (κ1) is 19.4. The summed E-state index contributed by atoms with van der Waals surface area (Å²) in [6, 6.07) is 17.8. The molecular weight excluding hydrogens is 402 g/mol. The van der Waals surface area contributed by atoms with Crippen LogP contribution in [0.3, 0.4) is 0 Å². The molecule has 0 saturated carbocycles. The molecule has 0 unspecified atom stereocenters. The number of hydrogen-bond donors (Lipinski definition) is 1. The van der Waals surface area contributed by atoms with Crippen molar-refractivity contribution in [2.24, 2.45) is 0 Å². The van der Waals surface area contributed by atoms with Gasteiger partial charge in [0.25, 0.3) is 0 Å². The number of nitrogens with one attached hydrogen (secondary N) is 1. The number of aromatic nitrogens is 3. The van der Waals surface area contributed by atoms with Gasteiger partial charge in [0.05, 0.1) is 16.3 Å². The van der Waals surface area contributed by atoms with Crippen molar-refractivity contribution in [2.75, 3.05) is 17.3 Å². The fourth-order valence-electron chi connectivity index (χ4n) is 2.94. The van der Waals surface area contributed by atoms with E-state index < -0.39 is 0 Å². The van der Waals surface area contributed by atoms with Crippen molar-refractivity contribution < 1.29 is 0 Å². The largest absolute Gasteiger partial charge is 0.324 e. The number of benzene rings is 2. The van der Waals surface area contributed by atoms with Crippen LogP contribution < -0.4 is 10.2 Å². The van der Waals surface area contributed by atoms with Crippen molar-refractivity contribution in [3.8, 4) is 10.6 Å². The third-order valence-corrected chi connectivity index (χ3v) is 5.96. The molecule has 4 rings (SSSR count). The molecule has 0 saturated heterocycles. The van der Waals surface area contributed by atoms with E-state index in [4.69, 9.17) is 21.6 Å². The van der Waals surface area contributed by atoms with Crippen molar-refractivity contribution in [3.05, 3.63) is 77.1 Å². The summed E-state index contributed by atoms with van der Waals surface area (Å²) in [6.07, 6.45) is 1.77. The minimum atomic E-state index is 0.563. The Hall–Kier alpha value is -2.96. The normalized spacial score (nSPS) is 10.8. The molecule has 29 heavy (non-hydrogen) atoms. The Bertz CT molecular complexity index is 1140. The van der Waals surface area contributed by atoms with Gasteiger partial charge in [0.1, 0.15) is 0 Å². The summed E-state index contributed by atoms with van der Waals surface area (Å²) in [7, 11) is 2.00. The van der Waals surface area contributed by atoms with Gasteiger partial charge in [-0.05, 0) is 61.9 Å². The Morgan fingerprint density at radius 3 is 2.55 bits per heavy atom. The molecule has 0 fully saturated rings. The maximum absolute atomic E-state index is 6.00. The average molecular weight is 422 g/mol. The first-order chi connectivity index (χ1) is 14.0. The molecule has 1 N–H and O–H groups in total. The van der Waals surface area contributed by atoms with Crippen molar-refractivity contribution in [3.63, 3.8) is 0 Å². The smallest absolute Gasteiger partial charge is 0.227 e. The van der Waals surface area contributed by atoms with Gasteiger partial charge in [-0.25, -0.2) is 15.0 Å². The van der Waals surface area contributed by atoms with Crippen molar-refractivity contribution in [1.29, 1.82) is 0 Å². The molecule has 0 aliphatic carbocycles. The summed E-state index contributed by atoms with van der Waals surface area (Å²) in [4.78, 5) is 16.9. The van der Waals surface area contributed by atoms with Crippen LogP contribution in [0, 0.1) is 13.8 Å². The number of nitrogens with zero attached hydrogens (tertiary/aromatic N) is 4. The zero-order valence-corrected chi connectivity index (χ0v) is 17.9. The highest BCUT2D eigenvalue weighted by Gasteiger charge is 2.15. The average Bonchev–Trinajstić information content (AvgIpc) is 3.10. The Labute approximate surface area is 179 Å². The van der Waals surface area contributed by atoms with E-state index in [-0.39, 0.29) is 0 Å². The van der Waals surface area contributed by atoms with Crippen molar-refractivity contribution in [1.82, 2.24) is 15.0 Å². The van der Waals surface area contributed by atoms with Crippen LogP contribution in [-0.2, 0) is 0 Å². The number of aryl methyl sites for hydroxylation is 2. The van der Waals surface area contributed by atoms with E-state index in [0.29, 0.717) is 11.0 Å². The van der Waals surface area contributed by atoms with E-state index >= 15 is 0 Å². The van der Waals surface area contributed by atoms with E-state index in [0.717, 1.165) is 32.8 Å². The lowest BCUT2D eigenvalue weighted by Gasteiger charge is -2.15. The molecular formula is C22H20ClN5S. The Balaban J connectivity index is 1.61. The van der Waals surface area contributed by atoms with Gasteiger partial charge in [-0.2, -0.15) is 0 Å². The second-order valence-corrected chi connectivity index (χ2v) is 8.12. The molecule has 7 heteroatoms. The van der Waals surface area contributed by atoms with Crippen molar-refractivity contribution in [2.45, 2.75) is 13.8 Å². The summed E-state index contributed by atoms with van der Waals surface area (Å²) in [5.74, 6) is 0.563. The van der Waals surface area contributed by atoms with Crippen LogP contribution in [0.25, 0.3) is 10.6 Å². The number of thiazole rings is 1. The van der Waals surface area contributed by atoms with Gasteiger partial charge in [0.15, 0.2) is 5.13 Å². The molecule has 2 heterocycles. The molecule has 5 nitrogen and oxygen atoms in total. The maximum atomic E-state index is 6.00. The van der Waals surface area contributed by atoms with Crippen LogP contribution >= 0.6 is 22.9 Å². The Kier molecular flexibility index (Phi) is 5.47. The highest BCUT2D eigenvalue weighted by molar-refractivity contribution is 7.19. The van der Waals surface area contributed by atoms with Gasteiger partial charge in [-0.3, -0.25) is 0 Å². The van der Waals surface area contributed by atoms with Crippen LogP contribution in [-0.4, -0.2) is 22.0 Å². The summed E-state index contributed by atoms with van der Waals surface area (Å²) in [5.41, 5.74) is 4.96. The topological polar surface area (TPSA) is 53.9 Å². The van der Waals surface area contributed by atoms with E-state index in [1.807, 2.05) is 61.3 Å². The van der Waals surface area contributed by atoms with E-state index in [1.165, 1.54) is 5.56 Å². The highest BCUT2D eigenvalue weighted by Crippen LogP contribution is 2.36. The minimum Gasteiger partial charge on any atom is -0.324 e. The summed E-state index contributed by atoms with van der Waals surface area (Å²) in [6.45, 7) is 4.06. The number of rotatable bonds is 5. The van der Waals surface area contributed by atoms with E-state index in [2.05, 4.69) is 29.4 Å².